The van der Waals surface area contributed by atoms with E-state index in [9.17, 15) is 4.79 Å². The van der Waals surface area contributed by atoms with Crippen molar-refractivity contribution in [1.29, 1.82) is 0 Å². The highest BCUT2D eigenvalue weighted by molar-refractivity contribution is 9.10. The Balaban J connectivity index is 1.69. The first-order valence-electron chi connectivity index (χ1n) is 7.86. The van der Waals surface area contributed by atoms with Gasteiger partial charge in [-0.05, 0) is 53.2 Å². The topological polar surface area (TPSA) is 70.2 Å². The maximum absolute atomic E-state index is 12.2. The van der Waals surface area contributed by atoms with E-state index < -0.39 is 0 Å². The summed E-state index contributed by atoms with van der Waals surface area (Å²) >= 11 is 4.75. The van der Waals surface area contributed by atoms with E-state index in [1.165, 1.54) is 11.3 Å². The largest absolute Gasteiger partial charge is 0.363 e. The minimum absolute atomic E-state index is 0.122. The van der Waals surface area contributed by atoms with Gasteiger partial charge in [-0.15, -0.1) is 11.3 Å². The van der Waals surface area contributed by atoms with Crippen LogP contribution in [0.25, 0.3) is 0 Å². The summed E-state index contributed by atoms with van der Waals surface area (Å²) in [7, 11) is 3.88. The van der Waals surface area contributed by atoms with E-state index >= 15 is 0 Å². The summed E-state index contributed by atoms with van der Waals surface area (Å²) in [4.78, 5) is 23.6. The number of hydrogen-bond donors (Lipinski definition) is 2. The molecule has 8 heteroatoms. The molecule has 3 aromatic rings. The third-order valence-electron chi connectivity index (χ3n) is 3.49. The van der Waals surface area contributed by atoms with Crippen molar-refractivity contribution in [2.45, 2.75) is 6.92 Å². The molecule has 0 unspecified atom stereocenters. The molecule has 0 saturated carbocycles. The number of nitrogens with one attached hydrogen (secondary N) is 2. The molecule has 134 valence electrons. The van der Waals surface area contributed by atoms with E-state index in [4.69, 9.17) is 0 Å². The number of hydrogen-bond acceptors (Lipinski definition) is 6. The molecular weight excluding hydrogens is 414 g/mol. The SMILES string of the molecule is Cc1nc(Nc2ccc(NC(=O)c3cc(Br)cs3)cc2)cc(N(C)C)n1. The van der Waals surface area contributed by atoms with Crippen molar-refractivity contribution in [3.63, 3.8) is 0 Å². The van der Waals surface area contributed by atoms with Gasteiger partial charge in [0.2, 0.25) is 0 Å². The van der Waals surface area contributed by atoms with Crippen molar-refractivity contribution >= 4 is 56.2 Å². The van der Waals surface area contributed by atoms with Crippen LogP contribution in [-0.4, -0.2) is 30.0 Å². The molecule has 2 N–H and O–H groups in total. The van der Waals surface area contributed by atoms with Crippen LogP contribution in [0.1, 0.15) is 15.5 Å². The van der Waals surface area contributed by atoms with Gasteiger partial charge in [-0.25, -0.2) is 9.97 Å². The molecule has 0 radical (unpaired) electrons. The van der Waals surface area contributed by atoms with Gasteiger partial charge in [-0.2, -0.15) is 0 Å². The average molecular weight is 432 g/mol. The van der Waals surface area contributed by atoms with E-state index in [0.29, 0.717) is 10.7 Å². The van der Waals surface area contributed by atoms with Crippen molar-refractivity contribution in [2.24, 2.45) is 0 Å². The van der Waals surface area contributed by atoms with Crippen molar-refractivity contribution in [3.8, 4) is 0 Å². The maximum Gasteiger partial charge on any atom is 0.265 e. The van der Waals surface area contributed by atoms with Gasteiger partial charge in [-0.1, -0.05) is 0 Å². The van der Waals surface area contributed by atoms with Gasteiger partial charge >= 0.3 is 0 Å². The lowest BCUT2D eigenvalue weighted by molar-refractivity contribution is 0.103. The van der Waals surface area contributed by atoms with Crippen LogP contribution < -0.4 is 15.5 Å². The van der Waals surface area contributed by atoms with Crippen LogP contribution in [0.2, 0.25) is 0 Å². The van der Waals surface area contributed by atoms with Gasteiger partial charge in [0.1, 0.15) is 17.5 Å². The zero-order valence-electron chi connectivity index (χ0n) is 14.6. The molecule has 1 aromatic carbocycles. The molecule has 0 aliphatic carbocycles. The second-order valence-electron chi connectivity index (χ2n) is 5.84. The van der Waals surface area contributed by atoms with Crippen LogP contribution in [0.5, 0.6) is 0 Å². The fourth-order valence-corrected chi connectivity index (χ4v) is 3.58. The highest BCUT2D eigenvalue weighted by atomic mass is 79.9. The van der Waals surface area contributed by atoms with Crippen LogP contribution in [0, 0.1) is 6.92 Å². The molecule has 0 saturated heterocycles. The molecule has 2 aromatic heterocycles. The van der Waals surface area contributed by atoms with Crippen molar-refractivity contribution in [1.82, 2.24) is 9.97 Å². The number of halogens is 1. The zero-order valence-corrected chi connectivity index (χ0v) is 17.0. The fraction of sp³-hybridized carbons (Fsp3) is 0.167. The Kier molecular flexibility index (Phi) is 5.53. The predicted octanol–water partition coefficient (Wildman–Crippen LogP) is 4.67. The van der Waals surface area contributed by atoms with Crippen LogP contribution in [-0.2, 0) is 0 Å². The molecule has 1 amide bonds. The summed E-state index contributed by atoms with van der Waals surface area (Å²) < 4.78 is 0.907. The van der Waals surface area contributed by atoms with Crippen molar-refractivity contribution in [3.05, 3.63) is 57.0 Å². The number of carbonyl (C=O) groups excluding carboxylic acids is 1. The second kappa shape index (κ2) is 7.84. The Labute approximate surface area is 164 Å². The smallest absolute Gasteiger partial charge is 0.265 e. The lowest BCUT2D eigenvalue weighted by Crippen LogP contribution is -2.12. The molecule has 3 rings (SSSR count). The molecule has 0 bridgehead atoms. The highest BCUT2D eigenvalue weighted by Gasteiger charge is 2.09. The van der Waals surface area contributed by atoms with Crippen LogP contribution in [0.3, 0.4) is 0 Å². The number of aryl methyl sites for hydroxylation is 1. The van der Waals surface area contributed by atoms with Crippen LogP contribution >= 0.6 is 27.3 Å². The lowest BCUT2D eigenvalue weighted by atomic mass is 10.2. The molecule has 0 aliphatic rings. The number of thiophene rings is 1. The van der Waals surface area contributed by atoms with E-state index in [1.807, 2.05) is 61.6 Å². The van der Waals surface area contributed by atoms with Gasteiger partial charge in [0.25, 0.3) is 5.91 Å². The molecule has 6 nitrogen and oxygen atoms in total. The number of benzene rings is 1. The molecule has 0 fully saturated rings. The maximum atomic E-state index is 12.2. The van der Waals surface area contributed by atoms with E-state index in [-0.39, 0.29) is 5.91 Å². The Bertz CT molecular complexity index is 924. The number of carbonyl (C=O) groups is 1. The predicted molar refractivity (Wildman–Crippen MR) is 111 cm³/mol. The van der Waals surface area contributed by atoms with Crippen LogP contribution in [0.4, 0.5) is 23.0 Å². The minimum atomic E-state index is -0.122. The van der Waals surface area contributed by atoms with Gasteiger partial charge in [-0.3, -0.25) is 4.79 Å². The van der Waals surface area contributed by atoms with Gasteiger partial charge in [0, 0.05) is 41.4 Å². The first-order chi connectivity index (χ1) is 12.4. The first-order valence-corrected chi connectivity index (χ1v) is 9.53. The second-order valence-corrected chi connectivity index (χ2v) is 7.67. The van der Waals surface area contributed by atoms with Gasteiger partial charge < -0.3 is 15.5 Å². The quantitative estimate of drug-likeness (QED) is 0.613. The number of aromatic nitrogens is 2. The molecular formula is C18H18BrN5OS. The highest BCUT2D eigenvalue weighted by Crippen LogP contribution is 2.23. The summed E-state index contributed by atoms with van der Waals surface area (Å²) in [5.41, 5.74) is 1.61. The molecule has 2 heterocycles. The van der Waals surface area contributed by atoms with E-state index in [0.717, 1.165) is 27.5 Å². The third-order valence-corrected chi connectivity index (χ3v) is 5.18. The number of anilines is 4. The normalized spacial score (nSPS) is 10.5. The standard InChI is InChI=1S/C18H18BrN5OS/c1-11-20-16(9-17(21-11)24(2)3)22-13-4-6-14(7-5-13)23-18(25)15-8-12(19)10-26-15/h4-10H,1-3H3,(H,23,25)(H,20,21,22). The Morgan fingerprint density at radius 3 is 2.42 bits per heavy atom. The van der Waals surface area contributed by atoms with Crippen LogP contribution in [0.15, 0.2) is 46.3 Å². The number of rotatable bonds is 5. The summed E-state index contributed by atoms with van der Waals surface area (Å²) in [6, 6.07) is 11.2. The monoisotopic (exact) mass is 431 g/mol. The van der Waals surface area contributed by atoms with Crippen molar-refractivity contribution in [2.75, 3.05) is 29.6 Å². The molecule has 0 aliphatic heterocycles. The number of amides is 1. The fourth-order valence-electron chi connectivity index (χ4n) is 2.25. The first kappa shape index (κ1) is 18.3. The van der Waals surface area contributed by atoms with Crippen molar-refractivity contribution < 1.29 is 4.79 Å². The van der Waals surface area contributed by atoms with E-state index in [1.54, 1.807) is 6.07 Å². The van der Waals surface area contributed by atoms with E-state index in [2.05, 4.69) is 36.5 Å². The van der Waals surface area contributed by atoms with Gasteiger partial charge in [0.05, 0.1) is 4.88 Å². The molecule has 26 heavy (non-hydrogen) atoms. The lowest BCUT2D eigenvalue weighted by Gasteiger charge is -2.14. The number of nitrogens with zero attached hydrogens (tertiary/aromatic N) is 3. The Hall–Kier alpha value is -2.45. The van der Waals surface area contributed by atoms with Gasteiger partial charge in [0.15, 0.2) is 0 Å². The summed E-state index contributed by atoms with van der Waals surface area (Å²) in [5.74, 6) is 2.14. The average Bonchev–Trinajstić information content (AvgIpc) is 3.03. The summed E-state index contributed by atoms with van der Waals surface area (Å²) in [6.07, 6.45) is 0. The Morgan fingerprint density at radius 1 is 1.12 bits per heavy atom. The molecule has 0 spiro atoms. The summed E-state index contributed by atoms with van der Waals surface area (Å²) in [6.45, 7) is 1.86. The summed E-state index contributed by atoms with van der Waals surface area (Å²) in [5, 5.41) is 8.03. The zero-order chi connectivity index (χ0) is 18.7. The molecule has 0 atom stereocenters. The minimum Gasteiger partial charge on any atom is -0.363 e. The third kappa shape index (κ3) is 4.59. The Morgan fingerprint density at radius 2 is 1.81 bits per heavy atom.